The van der Waals surface area contributed by atoms with Gasteiger partial charge in [-0.1, -0.05) is 32.3 Å². The molecule has 0 aromatic carbocycles. The number of hydrazine groups is 1. The smallest absolute Gasteiger partial charge is 0.0710 e. The molecule has 2 aromatic heterocycles. The summed E-state index contributed by atoms with van der Waals surface area (Å²) in [6, 6.07) is 6.39. The Bertz CT molecular complexity index is 554. The Morgan fingerprint density at radius 1 is 1.35 bits per heavy atom. The highest BCUT2D eigenvalue weighted by molar-refractivity contribution is 5.55. The van der Waals surface area contributed by atoms with E-state index >= 15 is 0 Å². The van der Waals surface area contributed by atoms with E-state index in [0.717, 1.165) is 11.4 Å². The van der Waals surface area contributed by atoms with E-state index in [2.05, 4.69) is 29.6 Å². The van der Waals surface area contributed by atoms with Gasteiger partial charge in [-0.25, -0.2) is 4.52 Å². The van der Waals surface area contributed by atoms with Gasteiger partial charge in [0.2, 0.25) is 0 Å². The third-order valence-electron chi connectivity index (χ3n) is 4.91. The van der Waals surface area contributed by atoms with Crippen molar-refractivity contribution in [2.45, 2.75) is 45.1 Å². The van der Waals surface area contributed by atoms with E-state index < -0.39 is 0 Å². The Balaban J connectivity index is 1.83. The predicted octanol–water partition coefficient (Wildman–Crippen LogP) is 3.06. The first-order valence-electron chi connectivity index (χ1n) is 7.72. The van der Waals surface area contributed by atoms with Crippen molar-refractivity contribution in [1.82, 2.24) is 15.0 Å². The van der Waals surface area contributed by atoms with Gasteiger partial charge in [0, 0.05) is 11.8 Å². The molecule has 0 aliphatic heterocycles. The molecule has 0 radical (unpaired) electrons. The van der Waals surface area contributed by atoms with Crippen molar-refractivity contribution in [2.75, 3.05) is 0 Å². The first-order chi connectivity index (χ1) is 9.83. The van der Waals surface area contributed by atoms with Crippen LogP contribution in [0.5, 0.6) is 0 Å². The van der Waals surface area contributed by atoms with Crippen LogP contribution < -0.4 is 11.3 Å². The summed E-state index contributed by atoms with van der Waals surface area (Å²) in [5.41, 5.74) is 5.44. The minimum Gasteiger partial charge on any atom is -0.271 e. The quantitative estimate of drug-likeness (QED) is 0.664. The molecule has 1 aliphatic carbocycles. The fraction of sp³-hybridized carbons (Fsp3) is 0.562. The molecular formula is C16H24N4. The zero-order valence-corrected chi connectivity index (χ0v) is 12.1. The molecule has 1 aliphatic rings. The van der Waals surface area contributed by atoms with E-state index in [0.29, 0.717) is 5.92 Å². The van der Waals surface area contributed by atoms with E-state index in [4.69, 9.17) is 5.84 Å². The number of pyridine rings is 1. The second-order valence-corrected chi connectivity index (χ2v) is 5.96. The van der Waals surface area contributed by atoms with Gasteiger partial charge in [-0.15, -0.1) is 0 Å². The van der Waals surface area contributed by atoms with Crippen LogP contribution in [0, 0.1) is 11.8 Å². The zero-order chi connectivity index (χ0) is 13.9. The summed E-state index contributed by atoms with van der Waals surface area (Å²) in [5, 5.41) is 4.43. The molecular weight excluding hydrogens is 248 g/mol. The fourth-order valence-corrected chi connectivity index (χ4v) is 3.60. The van der Waals surface area contributed by atoms with Crippen LogP contribution >= 0.6 is 0 Å². The summed E-state index contributed by atoms with van der Waals surface area (Å²) in [6.07, 6.45) is 10.4. The fourth-order valence-electron chi connectivity index (χ4n) is 3.60. The van der Waals surface area contributed by atoms with Crippen LogP contribution in [0.15, 0.2) is 30.6 Å². The van der Waals surface area contributed by atoms with Gasteiger partial charge >= 0.3 is 0 Å². The largest absolute Gasteiger partial charge is 0.271 e. The maximum absolute atomic E-state index is 5.87. The minimum absolute atomic E-state index is 0.215. The molecule has 4 heteroatoms. The number of nitrogens with two attached hydrogens (primary N) is 1. The average molecular weight is 272 g/mol. The number of fused-ring (bicyclic) bond motifs is 1. The lowest BCUT2D eigenvalue weighted by Gasteiger charge is -2.33. The van der Waals surface area contributed by atoms with Gasteiger partial charge in [0.25, 0.3) is 0 Å². The van der Waals surface area contributed by atoms with Crippen molar-refractivity contribution < 1.29 is 0 Å². The van der Waals surface area contributed by atoms with Gasteiger partial charge in [-0.3, -0.25) is 11.3 Å². The first kappa shape index (κ1) is 13.6. The van der Waals surface area contributed by atoms with Crippen molar-refractivity contribution >= 4 is 5.52 Å². The number of nitrogens with one attached hydrogen (secondary N) is 1. The Morgan fingerprint density at radius 2 is 2.15 bits per heavy atom. The van der Waals surface area contributed by atoms with E-state index in [-0.39, 0.29) is 6.04 Å². The van der Waals surface area contributed by atoms with Crippen LogP contribution in [-0.2, 0) is 0 Å². The normalized spacial score (nSPS) is 24.9. The Kier molecular flexibility index (Phi) is 4.03. The molecule has 0 bridgehead atoms. The molecule has 3 N–H and O–H groups in total. The number of rotatable bonds is 4. The molecule has 1 saturated carbocycles. The summed E-state index contributed by atoms with van der Waals surface area (Å²) in [6.45, 7) is 2.30. The molecule has 1 fully saturated rings. The lowest BCUT2D eigenvalue weighted by Crippen LogP contribution is -2.35. The van der Waals surface area contributed by atoms with Crippen LogP contribution in [0.3, 0.4) is 0 Å². The maximum atomic E-state index is 5.87. The molecule has 0 amide bonds. The number of nitrogens with zero attached hydrogens (tertiary/aromatic N) is 2. The first-order valence-corrected chi connectivity index (χ1v) is 7.72. The van der Waals surface area contributed by atoms with Crippen LogP contribution in [0.2, 0.25) is 0 Å². The van der Waals surface area contributed by atoms with E-state index in [1.807, 2.05) is 23.0 Å². The third-order valence-corrected chi connectivity index (χ3v) is 4.91. The van der Waals surface area contributed by atoms with Crippen LogP contribution in [-0.4, -0.2) is 9.61 Å². The van der Waals surface area contributed by atoms with Crippen LogP contribution in [0.1, 0.15) is 50.6 Å². The number of aromatic nitrogens is 2. The second kappa shape index (κ2) is 5.94. The molecule has 2 heterocycles. The summed E-state index contributed by atoms with van der Waals surface area (Å²) in [7, 11) is 0. The summed E-state index contributed by atoms with van der Waals surface area (Å²) < 4.78 is 1.93. The van der Waals surface area contributed by atoms with E-state index in [1.54, 1.807) is 0 Å². The molecule has 4 nitrogen and oxygen atoms in total. The summed E-state index contributed by atoms with van der Waals surface area (Å²) >= 11 is 0. The minimum atomic E-state index is 0.215. The number of hydrogen-bond acceptors (Lipinski definition) is 3. The third kappa shape index (κ3) is 2.45. The van der Waals surface area contributed by atoms with Gasteiger partial charge in [-0.2, -0.15) is 5.10 Å². The van der Waals surface area contributed by atoms with Gasteiger partial charge in [-0.05, 0) is 36.8 Å². The SMILES string of the molecule is CCC1CCC(C(NN)c2cnn3ccccc23)CC1. The molecule has 0 saturated heterocycles. The molecule has 20 heavy (non-hydrogen) atoms. The van der Waals surface area contributed by atoms with E-state index in [1.165, 1.54) is 37.7 Å². The van der Waals surface area contributed by atoms with Crippen LogP contribution in [0.4, 0.5) is 0 Å². The standard InChI is InChI=1S/C16H24N4/c1-2-12-6-8-13(9-7-12)16(19-17)14-11-18-20-10-4-3-5-15(14)20/h3-5,10-13,16,19H,2,6-9,17H2,1H3. The molecule has 3 rings (SSSR count). The second-order valence-electron chi connectivity index (χ2n) is 5.96. The summed E-state index contributed by atoms with van der Waals surface area (Å²) in [4.78, 5) is 0. The lowest BCUT2D eigenvalue weighted by atomic mass is 9.76. The van der Waals surface area contributed by atoms with Gasteiger partial charge in [0.05, 0.1) is 17.8 Å². The van der Waals surface area contributed by atoms with Gasteiger partial charge in [0.15, 0.2) is 0 Å². The molecule has 108 valence electrons. The monoisotopic (exact) mass is 272 g/mol. The van der Waals surface area contributed by atoms with Gasteiger partial charge in [0.1, 0.15) is 0 Å². The predicted molar refractivity (Wildman–Crippen MR) is 81.0 cm³/mol. The topological polar surface area (TPSA) is 55.3 Å². The molecule has 0 spiro atoms. The average Bonchev–Trinajstić information content (AvgIpc) is 2.93. The Morgan fingerprint density at radius 3 is 2.85 bits per heavy atom. The number of hydrogen-bond donors (Lipinski definition) is 2. The molecule has 1 atom stereocenters. The van der Waals surface area contributed by atoms with Crippen molar-refractivity contribution in [3.63, 3.8) is 0 Å². The molecule has 1 unspecified atom stereocenters. The van der Waals surface area contributed by atoms with Crippen LogP contribution in [0.25, 0.3) is 5.52 Å². The maximum Gasteiger partial charge on any atom is 0.0710 e. The summed E-state index contributed by atoms with van der Waals surface area (Å²) in [5.74, 6) is 7.40. The Labute approximate surface area is 120 Å². The van der Waals surface area contributed by atoms with Crippen molar-refractivity contribution in [2.24, 2.45) is 17.7 Å². The van der Waals surface area contributed by atoms with Crippen molar-refractivity contribution in [3.05, 3.63) is 36.2 Å². The zero-order valence-electron chi connectivity index (χ0n) is 12.1. The van der Waals surface area contributed by atoms with Gasteiger partial charge < -0.3 is 0 Å². The highest BCUT2D eigenvalue weighted by Crippen LogP contribution is 2.38. The van der Waals surface area contributed by atoms with E-state index in [9.17, 15) is 0 Å². The lowest BCUT2D eigenvalue weighted by molar-refractivity contribution is 0.220. The van der Waals surface area contributed by atoms with Crippen molar-refractivity contribution in [1.29, 1.82) is 0 Å². The molecule has 2 aromatic rings. The Hall–Kier alpha value is -1.39. The van der Waals surface area contributed by atoms with Crippen molar-refractivity contribution in [3.8, 4) is 0 Å². The highest BCUT2D eigenvalue weighted by atomic mass is 15.3. The highest BCUT2D eigenvalue weighted by Gasteiger charge is 2.29.